The quantitative estimate of drug-likeness (QED) is 0.425. The fourth-order valence-electron chi connectivity index (χ4n) is 3.72. The highest BCUT2D eigenvalue weighted by Gasteiger charge is 2.41. The maximum absolute atomic E-state index is 13.0. The molecule has 2 aromatic heterocycles. The van der Waals surface area contributed by atoms with Gasteiger partial charge in [-0.3, -0.25) is 9.69 Å². The van der Waals surface area contributed by atoms with Gasteiger partial charge in [0, 0.05) is 49.5 Å². The zero-order valence-electron chi connectivity index (χ0n) is 17.2. The predicted octanol–water partition coefficient (Wildman–Crippen LogP) is 2.46. The summed E-state index contributed by atoms with van der Waals surface area (Å²) in [6.45, 7) is 1.25. The molecule has 2 aliphatic heterocycles. The second-order valence-corrected chi connectivity index (χ2v) is 7.36. The van der Waals surface area contributed by atoms with Crippen LogP contribution in [0.25, 0.3) is 17.1 Å². The Labute approximate surface area is 181 Å². The van der Waals surface area contributed by atoms with Gasteiger partial charge in [-0.05, 0) is 25.1 Å². The third kappa shape index (κ3) is 4.47. The third-order valence-electron chi connectivity index (χ3n) is 5.18. The van der Waals surface area contributed by atoms with E-state index in [2.05, 4.69) is 9.97 Å². The fraction of sp³-hybridized carbons (Fsp3) is 0.381. The number of hydrogen-bond donors (Lipinski definition) is 1. The summed E-state index contributed by atoms with van der Waals surface area (Å²) in [7, 11) is 0. The van der Waals surface area contributed by atoms with Crippen molar-refractivity contribution in [2.45, 2.75) is 13.1 Å². The molecular weight excluding hydrogens is 429 g/mol. The summed E-state index contributed by atoms with van der Waals surface area (Å²) in [5, 5.41) is 0.767. The van der Waals surface area contributed by atoms with Gasteiger partial charge < -0.3 is 19.4 Å². The first-order chi connectivity index (χ1) is 15.3. The summed E-state index contributed by atoms with van der Waals surface area (Å²) in [5.74, 6) is -1.50. The van der Waals surface area contributed by atoms with Crippen LogP contribution in [0.3, 0.4) is 0 Å². The highest BCUT2D eigenvalue weighted by Crippen LogP contribution is 2.32. The summed E-state index contributed by atoms with van der Waals surface area (Å²) in [6.07, 6.45) is 0.513. The number of halogens is 3. The molecule has 0 bridgehead atoms. The van der Waals surface area contributed by atoms with Gasteiger partial charge in [0.1, 0.15) is 5.65 Å². The summed E-state index contributed by atoms with van der Waals surface area (Å²) in [5.41, 5.74) is 1.03. The van der Waals surface area contributed by atoms with Crippen molar-refractivity contribution in [1.82, 2.24) is 19.8 Å². The molecule has 0 aromatic carbocycles. The molecule has 4 heterocycles. The average Bonchev–Trinajstić information content (AvgIpc) is 3.29. The minimum absolute atomic E-state index is 0.0179. The van der Waals surface area contributed by atoms with E-state index >= 15 is 0 Å². The third-order valence-corrected chi connectivity index (χ3v) is 5.18. The number of H-pyrrole nitrogens is 1. The number of hydrogen-bond acceptors (Lipinski definition) is 7. The van der Waals surface area contributed by atoms with Crippen LogP contribution in [0.15, 0.2) is 41.7 Å². The van der Waals surface area contributed by atoms with E-state index in [1.54, 1.807) is 30.3 Å². The minimum Gasteiger partial charge on any atom is -0.462 e. The van der Waals surface area contributed by atoms with Crippen LogP contribution in [0.4, 0.5) is 13.2 Å². The van der Waals surface area contributed by atoms with Gasteiger partial charge in [-0.15, -0.1) is 0 Å². The van der Waals surface area contributed by atoms with E-state index in [1.165, 1.54) is 11.0 Å². The molecule has 4 rings (SSSR count). The Morgan fingerprint density at radius 2 is 2.06 bits per heavy atom. The smallest absolute Gasteiger partial charge is 0.401 e. The topological polar surface area (TPSA) is 87.8 Å². The lowest BCUT2D eigenvalue weighted by Crippen LogP contribution is -2.49. The second kappa shape index (κ2) is 8.65. The molecule has 1 N–H and O–H groups in total. The van der Waals surface area contributed by atoms with Gasteiger partial charge in [0.25, 0.3) is 0 Å². The van der Waals surface area contributed by atoms with E-state index in [4.69, 9.17) is 9.47 Å². The van der Waals surface area contributed by atoms with Crippen molar-refractivity contribution in [2.75, 3.05) is 39.3 Å². The van der Waals surface area contributed by atoms with Crippen molar-refractivity contribution < 1.29 is 32.2 Å². The molecule has 2 aliphatic rings. The first-order valence-electron chi connectivity index (χ1n) is 10.1. The van der Waals surface area contributed by atoms with Crippen LogP contribution < -0.4 is 0 Å². The minimum atomic E-state index is -4.29. The molecule has 2 aromatic rings. The lowest BCUT2D eigenvalue weighted by atomic mass is 10.1. The average molecular weight is 450 g/mol. The number of alkyl halides is 3. The predicted molar refractivity (Wildman–Crippen MR) is 108 cm³/mol. The first kappa shape index (κ1) is 21.9. The molecule has 0 saturated carbocycles. The standard InChI is InChI=1S/C21H21F3N4O4/c1-2-31-20(30)16-17(29)15(10-13-11-26-18-14(13)4-3-5-25-18)32-19(16)28-8-6-27(7-9-28)12-21(22,23)24/h3-5,10-11H,2,6-9,12H2,1H3,(H,25,26). The molecule has 0 unspecified atom stereocenters. The zero-order chi connectivity index (χ0) is 22.9. The Morgan fingerprint density at radius 3 is 2.75 bits per heavy atom. The van der Waals surface area contributed by atoms with Crippen molar-refractivity contribution in [2.24, 2.45) is 0 Å². The van der Waals surface area contributed by atoms with E-state index in [1.807, 2.05) is 6.07 Å². The van der Waals surface area contributed by atoms with E-state index < -0.39 is 24.5 Å². The number of aromatic amines is 1. The van der Waals surface area contributed by atoms with Crippen molar-refractivity contribution in [3.05, 3.63) is 47.3 Å². The summed E-state index contributed by atoms with van der Waals surface area (Å²) >= 11 is 0. The number of allylic oxidation sites excluding steroid dienone is 1. The number of nitrogens with one attached hydrogen (secondary N) is 1. The number of rotatable bonds is 5. The Morgan fingerprint density at radius 1 is 1.31 bits per heavy atom. The second-order valence-electron chi connectivity index (χ2n) is 7.36. The van der Waals surface area contributed by atoms with Gasteiger partial charge >= 0.3 is 12.1 Å². The fourth-order valence-corrected chi connectivity index (χ4v) is 3.72. The van der Waals surface area contributed by atoms with Gasteiger partial charge in [-0.25, -0.2) is 9.78 Å². The highest BCUT2D eigenvalue weighted by atomic mass is 19.4. The number of ketones is 1. The van der Waals surface area contributed by atoms with Crippen molar-refractivity contribution in [3.8, 4) is 0 Å². The van der Waals surface area contributed by atoms with Crippen LogP contribution in [-0.2, 0) is 19.1 Å². The summed E-state index contributed by atoms with van der Waals surface area (Å²) < 4.78 is 48.8. The zero-order valence-corrected chi connectivity index (χ0v) is 17.2. The monoisotopic (exact) mass is 450 g/mol. The number of Topliss-reactive ketones (excluding diaryl/α,β-unsaturated/α-hetero) is 1. The van der Waals surface area contributed by atoms with E-state index in [0.29, 0.717) is 11.2 Å². The van der Waals surface area contributed by atoms with Gasteiger partial charge in [-0.2, -0.15) is 13.2 Å². The lowest BCUT2D eigenvalue weighted by Gasteiger charge is -2.36. The number of ether oxygens (including phenoxy) is 2. The Balaban J connectivity index is 1.59. The number of carbonyl (C=O) groups excluding carboxylic acids is 2. The van der Waals surface area contributed by atoms with Gasteiger partial charge in [0.15, 0.2) is 11.3 Å². The van der Waals surface area contributed by atoms with Crippen LogP contribution >= 0.6 is 0 Å². The molecule has 11 heteroatoms. The summed E-state index contributed by atoms with van der Waals surface area (Å²) in [4.78, 5) is 35.6. The van der Waals surface area contributed by atoms with Crippen molar-refractivity contribution in [3.63, 3.8) is 0 Å². The van der Waals surface area contributed by atoms with Gasteiger partial charge in [0.2, 0.25) is 11.7 Å². The molecule has 0 radical (unpaired) electrons. The molecule has 0 aliphatic carbocycles. The maximum Gasteiger partial charge on any atom is 0.401 e. The van der Waals surface area contributed by atoms with Gasteiger partial charge in [0.05, 0.1) is 13.2 Å². The van der Waals surface area contributed by atoms with Crippen LogP contribution in [0.2, 0.25) is 0 Å². The molecule has 0 spiro atoms. The highest BCUT2D eigenvalue weighted by molar-refractivity contribution is 6.26. The molecule has 1 fully saturated rings. The van der Waals surface area contributed by atoms with Gasteiger partial charge in [-0.1, -0.05) is 0 Å². The molecule has 32 heavy (non-hydrogen) atoms. The molecule has 0 amide bonds. The van der Waals surface area contributed by atoms with Crippen LogP contribution in [0.1, 0.15) is 12.5 Å². The number of esters is 1. The number of carbonyl (C=O) groups is 2. The lowest BCUT2D eigenvalue weighted by molar-refractivity contribution is -0.149. The largest absolute Gasteiger partial charge is 0.462 e. The number of fused-ring (bicyclic) bond motifs is 1. The molecule has 8 nitrogen and oxygen atoms in total. The van der Waals surface area contributed by atoms with E-state index in [9.17, 15) is 22.8 Å². The van der Waals surface area contributed by atoms with Crippen LogP contribution in [0, 0.1) is 0 Å². The number of aromatic nitrogens is 2. The van der Waals surface area contributed by atoms with E-state index in [0.717, 1.165) is 5.39 Å². The maximum atomic E-state index is 13.0. The Hall–Kier alpha value is -3.34. The Bertz CT molecular complexity index is 1100. The molecule has 1 saturated heterocycles. The number of pyridine rings is 1. The molecule has 0 atom stereocenters. The summed E-state index contributed by atoms with van der Waals surface area (Å²) in [6, 6.07) is 3.58. The Kier molecular flexibility index (Phi) is 5.92. The van der Waals surface area contributed by atoms with Crippen molar-refractivity contribution in [1.29, 1.82) is 0 Å². The van der Waals surface area contributed by atoms with Crippen molar-refractivity contribution >= 4 is 28.9 Å². The normalized spacial score (nSPS) is 19.2. The number of nitrogens with zero attached hydrogens (tertiary/aromatic N) is 3. The number of piperazine rings is 1. The molecule has 170 valence electrons. The molecular formula is C21H21F3N4O4. The van der Waals surface area contributed by atoms with Crippen LogP contribution in [-0.4, -0.2) is 77.0 Å². The SMILES string of the molecule is CCOC(=O)C1=C(N2CCN(CC(F)(F)F)CC2)OC(=Cc2c[nH]c3ncccc23)C1=O. The van der Waals surface area contributed by atoms with E-state index in [-0.39, 0.29) is 50.0 Å². The first-order valence-corrected chi connectivity index (χ1v) is 10.1. The van der Waals surface area contributed by atoms with Crippen LogP contribution in [0.5, 0.6) is 0 Å².